The lowest BCUT2D eigenvalue weighted by Crippen LogP contribution is -2.38. The monoisotopic (exact) mass is 305 g/mol. The van der Waals surface area contributed by atoms with E-state index in [1.54, 1.807) is 0 Å². The summed E-state index contributed by atoms with van der Waals surface area (Å²) in [5.41, 5.74) is 2.62. The van der Waals surface area contributed by atoms with Crippen LogP contribution < -0.4 is 0 Å². The van der Waals surface area contributed by atoms with E-state index in [1.807, 2.05) is 0 Å². The van der Waals surface area contributed by atoms with Crippen molar-refractivity contribution in [1.82, 2.24) is 4.90 Å². The van der Waals surface area contributed by atoms with Crippen molar-refractivity contribution in [3.63, 3.8) is 0 Å². The quantitative estimate of drug-likeness (QED) is 0.611. The second kappa shape index (κ2) is 9.18. The Balaban J connectivity index is 2.20. The zero-order chi connectivity index (χ0) is 16.5. The second-order valence-corrected chi connectivity index (χ2v) is 6.25. The molecule has 0 aliphatic rings. The van der Waals surface area contributed by atoms with Crippen molar-refractivity contribution in [3.05, 3.63) is 71.8 Å². The van der Waals surface area contributed by atoms with Crippen LogP contribution in [0.2, 0.25) is 0 Å². The van der Waals surface area contributed by atoms with Crippen molar-refractivity contribution in [2.24, 2.45) is 5.92 Å². The molecule has 0 N–H and O–H groups in total. The molecule has 120 valence electrons. The summed E-state index contributed by atoms with van der Waals surface area (Å²) in [7, 11) is 0. The SMILES string of the molecule is C#C[C@@H](C(C)CCC)N(Cc1ccccc1)Cc1ccccc1. The highest BCUT2D eigenvalue weighted by Crippen LogP contribution is 2.21. The first-order valence-corrected chi connectivity index (χ1v) is 8.52. The van der Waals surface area contributed by atoms with Gasteiger partial charge in [0.25, 0.3) is 0 Å². The Kier molecular flexibility index (Phi) is 6.91. The second-order valence-electron chi connectivity index (χ2n) is 6.25. The lowest BCUT2D eigenvalue weighted by molar-refractivity contribution is 0.167. The largest absolute Gasteiger partial charge is 0.281 e. The van der Waals surface area contributed by atoms with E-state index in [0.717, 1.165) is 19.5 Å². The predicted octanol–water partition coefficient (Wildman–Crippen LogP) is 5.13. The fourth-order valence-electron chi connectivity index (χ4n) is 3.13. The minimum absolute atomic E-state index is 0.162. The third kappa shape index (κ3) is 5.27. The third-order valence-electron chi connectivity index (χ3n) is 4.30. The lowest BCUT2D eigenvalue weighted by Gasteiger charge is -2.32. The normalized spacial score (nSPS) is 13.5. The van der Waals surface area contributed by atoms with Gasteiger partial charge < -0.3 is 0 Å². The maximum Gasteiger partial charge on any atom is 0.0743 e. The first kappa shape index (κ1) is 17.3. The average molecular weight is 305 g/mol. The van der Waals surface area contributed by atoms with E-state index < -0.39 is 0 Å². The molecule has 0 spiro atoms. The molecular formula is C22H27N. The maximum absolute atomic E-state index is 5.92. The van der Waals surface area contributed by atoms with E-state index in [-0.39, 0.29) is 6.04 Å². The molecule has 0 aliphatic carbocycles. The van der Waals surface area contributed by atoms with Crippen molar-refractivity contribution in [1.29, 1.82) is 0 Å². The smallest absolute Gasteiger partial charge is 0.0743 e. The van der Waals surface area contributed by atoms with E-state index in [0.29, 0.717) is 5.92 Å². The number of hydrogen-bond acceptors (Lipinski definition) is 1. The van der Waals surface area contributed by atoms with Gasteiger partial charge in [0.2, 0.25) is 0 Å². The Morgan fingerprint density at radius 2 is 1.39 bits per heavy atom. The molecule has 1 heteroatoms. The van der Waals surface area contributed by atoms with Gasteiger partial charge in [0, 0.05) is 13.1 Å². The topological polar surface area (TPSA) is 3.24 Å². The van der Waals surface area contributed by atoms with Crippen LogP contribution in [-0.4, -0.2) is 10.9 Å². The Bertz CT molecular complexity index is 555. The van der Waals surface area contributed by atoms with Gasteiger partial charge >= 0.3 is 0 Å². The van der Waals surface area contributed by atoms with Crippen LogP contribution in [0.25, 0.3) is 0 Å². The summed E-state index contributed by atoms with van der Waals surface area (Å²) >= 11 is 0. The van der Waals surface area contributed by atoms with Gasteiger partial charge in [-0.2, -0.15) is 0 Å². The molecule has 0 aromatic heterocycles. The van der Waals surface area contributed by atoms with Gasteiger partial charge in [-0.15, -0.1) is 6.42 Å². The highest BCUT2D eigenvalue weighted by atomic mass is 15.2. The van der Waals surface area contributed by atoms with Gasteiger partial charge in [-0.1, -0.05) is 86.9 Å². The van der Waals surface area contributed by atoms with Crippen LogP contribution in [0, 0.1) is 18.3 Å². The predicted molar refractivity (Wildman–Crippen MR) is 98.8 cm³/mol. The molecule has 0 radical (unpaired) electrons. The summed E-state index contributed by atoms with van der Waals surface area (Å²) < 4.78 is 0. The highest BCUT2D eigenvalue weighted by molar-refractivity contribution is 5.18. The van der Waals surface area contributed by atoms with E-state index in [4.69, 9.17) is 6.42 Å². The minimum Gasteiger partial charge on any atom is -0.281 e. The van der Waals surface area contributed by atoms with Crippen LogP contribution in [0.5, 0.6) is 0 Å². The summed E-state index contributed by atoms with van der Waals surface area (Å²) in [6.45, 7) is 6.27. The molecule has 0 bridgehead atoms. The number of rotatable bonds is 8. The Morgan fingerprint density at radius 3 is 1.78 bits per heavy atom. The van der Waals surface area contributed by atoms with Gasteiger partial charge in [0.05, 0.1) is 6.04 Å². The van der Waals surface area contributed by atoms with Gasteiger partial charge in [-0.25, -0.2) is 0 Å². The summed E-state index contributed by atoms with van der Waals surface area (Å²) in [6.07, 6.45) is 8.25. The average Bonchev–Trinajstić information content (AvgIpc) is 2.57. The third-order valence-corrected chi connectivity index (χ3v) is 4.30. The number of terminal acetylenes is 1. The van der Waals surface area contributed by atoms with Crippen LogP contribution in [0.4, 0.5) is 0 Å². The zero-order valence-electron chi connectivity index (χ0n) is 14.3. The zero-order valence-corrected chi connectivity index (χ0v) is 14.3. The van der Waals surface area contributed by atoms with Gasteiger partial charge in [-0.05, 0) is 23.5 Å². The maximum atomic E-state index is 5.92. The van der Waals surface area contributed by atoms with Crippen molar-refractivity contribution in [2.75, 3.05) is 0 Å². The van der Waals surface area contributed by atoms with E-state index in [1.165, 1.54) is 17.5 Å². The molecule has 2 rings (SSSR count). The van der Waals surface area contributed by atoms with Crippen LogP contribution in [0.1, 0.15) is 37.8 Å². The van der Waals surface area contributed by atoms with Crippen molar-refractivity contribution in [2.45, 2.75) is 45.8 Å². The minimum atomic E-state index is 0.162. The fourth-order valence-corrected chi connectivity index (χ4v) is 3.13. The van der Waals surface area contributed by atoms with Crippen LogP contribution in [0.15, 0.2) is 60.7 Å². The molecule has 0 heterocycles. The van der Waals surface area contributed by atoms with Crippen LogP contribution >= 0.6 is 0 Å². The molecule has 0 amide bonds. The molecular weight excluding hydrogens is 278 g/mol. The summed E-state index contributed by atoms with van der Waals surface area (Å²) in [6, 6.07) is 21.4. The van der Waals surface area contributed by atoms with Crippen molar-refractivity contribution in [3.8, 4) is 12.3 Å². The lowest BCUT2D eigenvalue weighted by atomic mass is 9.95. The molecule has 0 fully saturated rings. The first-order chi connectivity index (χ1) is 11.2. The Morgan fingerprint density at radius 1 is 0.913 bits per heavy atom. The van der Waals surface area contributed by atoms with Crippen molar-refractivity contribution >= 4 is 0 Å². The molecule has 2 aromatic rings. The van der Waals surface area contributed by atoms with Gasteiger partial charge in [-0.3, -0.25) is 4.90 Å². The van der Waals surface area contributed by atoms with E-state index in [2.05, 4.69) is 85.3 Å². The number of nitrogens with zero attached hydrogens (tertiary/aromatic N) is 1. The summed E-state index contributed by atoms with van der Waals surface area (Å²) in [4.78, 5) is 2.44. The molecule has 2 aromatic carbocycles. The first-order valence-electron chi connectivity index (χ1n) is 8.52. The molecule has 0 saturated heterocycles. The number of benzene rings is 2. The van der Waals surface area contributed by atoms with E-state index in [9.17, 15) is 0 Å². The summed E-state index contributed by atoms with van der Waals surface area (Å²) in [5.74, 6) is 3.55. The standard InChI is InChI=1S/C22H27N/c1-4-12-19(3)22(5-2)23(17-20-13-8-6-9-14-20)18-21-15-10-7-11-16-21/h2,6-11,13-16,19,22H,4,12,17-18H2,1,3H3/t19?,22-/m0/s1. The molecule has 1 unspecified atom stereocenters. The van der Waals surface area contributed by atoms with Crippen LogP contribution in [0.3, 0.4) is 0 Å². The van der Waals surface area contributed by atoms with Crippen molar-refractivity contribution < 1.29 is 0 Å². The van der Waals surface area contributed by atoms with Gasteiger partial charge in [0.15, 0.2) is 0 Å². The molecule has 0 aliphatic heterocycles. The summed E-state index contributed by atoms with van der Waals surface area (Å²) in [5, 5.41) is 0. The molecule has 1 nitrogen and oxygen atoms in total. The Labute approximate surface area is 141 Å². The van der Waals surface area contributed by atoms with Gasteiger partial charge in [0.1, 0.15) is 0 Å². The highest BCUT2D eigenvalue weighted by Gasteiger charge is 2.22. The molecule has 0 saturated carbocycles. The Hall–Kier alpha value is -2.04. The van der Waals surface area contributed by atoms with Crippen LogP contribution in [-0.2, 0) is 13.1 Å². The number of hydrogen-bond donors (Lipinski definition) is 0. The molecule has 23 heavy (non-hydrogen) atoms. The fraction of sp³-hybridized carbons (Fsp3) is 0.364. The van der Waals surface area contributed by atoms with E-state index >= 15 is 0 Å². The molecule has 2 atom stereocenters.